The second-order valence-electron chi connectivity index (χ2n) is 6.96. The summed E-state index contributed by atoms with van der Waals surface area (Å²) < 4.78 is 5.08. The van der Waals surface area contributed by atoms with Gasteiger partial charge >= 0.3 is 5.91 Å². The van der Waals surface area contributed by atoms with Gasteiger partial charge in [0.05, 0.1) is 36.0 Å². The Morgan fingerprint density at radius 2 is 2.17 bits per heavy atom. The van der Waals surface area contributed by atoms with Crippen LogP contribution in [0.5, 0.6) is 0 Å². The normalized spacial score (nSPS) is 16.1. The molecule has 9 heteroatoms. The van der Waals surface area contributed by atoms with Crippen molar-refractivity contribution in [2.24, 2.45) is 5.92 Å². The quantitative estimate of drug-likeness (QED) is 0.678. The smallest absolute Gasteiger partial charge is 0.309 e. The molecule has 1 atom stereocenters. The van der Waals surface area contributed by atoms with Crippen LogP contribution in [0.4, 0.5) is 0 Å². The highest BCUT2D eigenvalue weighted by atomic mass is 32.1. The molecule has 8 nitrogen and oxygen atoms in total. The van der Waals surface area contributed by atoms with Crippen molar-refractivity contribution in [3.05, 3.63) is 58.6 Å². The van der Waals surface area contributed by atoms with Gasteiger partial charge in [0.25, 0.3) is 5.89 Å². The molecule has 1 saturated heterocycles. The van der Waals surface area contributed by atoms with Crippen molar-refractivity contribution < 1.29 is 14.0 Å². The number of carbonyl (C=O) groups is 2. The Hall–Kier alpha value is -3.51. The van der Waals surface area contributed by atoms with Gasteiger partial charge in [-0.2, -0.15) is 5.26 Å². The molecular formula is C21H19N5O3S. The van der Waals surface area contributed by atoms with E-state index in [-0.39, 0.29) is 23.6 Å². The minimum atomic E-state index is -0.288. The highest BCUT2D eigenvalue weighted by Gasteiger charge is 2.30. The van der Waals surface area contributed by atoms with E-state index in [1.54, 1.807) is 17.0 Å². The largest absolute Gasteiger partial charge is 0.441 e. The summed E-state index contributed by atoms with van der Waals surface area (Å²) in [6.07, 6.45) is 4.28. The van der Waals surface area contributed by atoms with Crippen LogP contribution >= 0.6 is 11.3 Å². The molecule has 1 fully saturated rings. The van der Waals surface area contributed by atoms with Crippen LogP contribution in [0.3, 0.4) is 0 Å². The molecule has 0 saturated carbocycles. The molecule has 30 heavy (non-hydrogen) atoms. The number of nitriles is 1. The summed E-state index contributed by atoms with van der Waals surface area (Å²) in [5.41, 5.74) is 2.34. The Kier molecular flexibility index (Phi) is 5.86. The van der Waals surface area contributed by atoms with E-state index in [1.165, 1.54) is 23.8 Å². The number of oxazole rings is 1. The first-order chi connectivity index (χ1) is 14.6. The second kappa shape index (κ2) is 8.88. The Labute approximate surface area is 177 Å². The monoisotopic (exact) mass is 421 g/mol. The molecule has 0 bridgehead atoms. The van der Waals surface area contributed by atoms with E-state index < -0.39 is 0 Å². The Balaban J connectivity index is 1.32. The first-order valence-corrected chi connectivity index (χ1v) is 10.4. The third-order valence-corrected chi connectivity index (χ3v) is 5.82. The SMILES string of the molecule is N#Cc1ccc(-c2csc(CNC(=O)[C@H]3CCCN(C(=O)c4ncco4)C3)n2)cc1. The van der Waals surface area contributed by atoms with E-state index in [2.05, 4.69) is 21.4 Å². The molecule has 2 amide bonds. The number of amides is 2. The molecule has 1 aromatic carbocycles. The maximum Gasteiger partial charge on any atom is 0.309 e. The molecule has 0 spiro atoms. The third kappa shape index (κ3) is 4.39. The number of aromatic nitrogens is 2. The van der Waals surface area contributed by atoms with E-state index in [1.807, 2.05) is 17.5 Å². The maximum atomic E-state index is 12.6. The molecule has 1 aliphatic heterocycles. The van der Waals surface area contributed by atoms with Gasteiger partial charge in [-0.15, -0.1) is 11.3 Å². The number of hydrogen-bond donors (Lipinski definition) is 1. The zero-order valence-electron chi connectivity index (χ0n) is 16.1. The first kappa shape index (κ1) is 19.8. The van der Waals surface area contributed by atoms with Crippen LogP contribution in [0.15, 0.2) is 46.5 Å². The maximum absolute atomic E-state index is 12.6. The predicted octanol–water partition coefficient (Wildman–Crippen LogP) is 2.84. The average molecular weight is 421 g/mol. The molecule has 0 radical (unpaired) electrons. The van der Waals surface area contributed by atoms with Gasteiger partial charge < -0.3 is 14.6 Å². The average Bonchev–Trinajstić information content (AvgIpc) is 3.49. The molecule has 2 aromatic heterocycles. The first-order valence-electron chi connectivity index (χ1n) is 9.55. The van der Waals surface area contributed by atoms with Crippen molar-refractivity contribution >= 4 is 23.2 Å². The fourth-order valence-electron chi connectivity index (χ4n) is 3.39. The summed E-state index contributed by atoms with van der Waals surface area (Å²) in [7, 11) is 0. The molecule has 3 heterocycles. The molecule has 1 N–H and O–H groups in total. The minimum Gasteiger partial charge on any atom is -0.441 e. The standard InChI is InChI=1S/C21H19N5O3S/c22-10-14-3-5-15(6-4-14)17-13-30-18(25-17)11-24-19(27)16-2-1-8-26(12-16)21(28)20-23-7-9-29-20/h3-7,9,13,16H,1-2,8,11-12H2,(H,24,27)/t16-/m0/s1. The molecule has 3 aromatic rings. The van der Waals surface area contributed by atoms with Crippen LogP contribution in [0.25, 0.3) is 11.3 Å². The zero-order chi connectivity index (χ0) is 20.9. The topological polar surface area (TPSA) is 112 Å². The highest BCUT2D eigenvalue weighted by Crippen LogP contribution is 2.23. The number of rotatable bonds is 5. The van der Waals surface area contributed by atoms with Gasteiger partial charge in [0.15, 0.2) is 0 Å². The van der Waals surface area contributed by atoms with Gasteiger partial charge in [-0.1, -0.05) is 12.1 Å². The molecule has 1 aliphatic rings. The molecular weight excluding hydrogens is 402 g/mol. The molecule has 0 unspecified atom stereocenters. The van der Waals surface area contributed by atoms with Crippen LogP contribution in [-0.2, 0) is 11.3 Å². The van der Waals surface area contributed by atoms with Crippen LogP contribution in [0.1, 0.15) is 34.1 Å². The molecule has 0 aliphatic carbocycles. The number of carbonyl (C=O) groups excluding carboxylic acids is 2. The summed E-state index contributed by atoms with van der Waals surface area (Å²) in [5, 5.41) is 14.6. The van der Waals surface area contributed by atoms with Crippen molar-refractivity contribution in [3.63, 3.8) is 0 Å². The van der Waals surface area contributed by atoms with E-state index in [4.69, 9.17) is 9.68 Å². The summed E-state index contributed by atoms with van der Waals surface area (Å²) in [4.78, 5) is 35.1. The van der Waals surface area contributed by atoms with Crippen molar-refractivity contribution in [1.82, 2.24) is 20.2 Å². The Bertz CT molecular complexity index is 1070. The summed E-state index contributed by atoms with van der Waals surface area (Å²) >= 11 is 1.47. The number of thiazole rings is 1. The van der Waals surface area contributed by atoms with E-state index in [0.717, 1.165) is 29.1 Å². The number of piperidine rings is 1. The van der Waals surface area contributed by atoms with Gasteiger partial charge in [0.2, 0.25) is 5.91 Å². The summed E-state index contributed by atoms with van der Waals surface area (Å²) in [6.45, 7) is 1.27. The van der Waals surface area contributed by atoms with Crippen LogP contribution in [0, 0.1) is 17.2 Å². The lowest BCUT2D eigenvalue weighted by Crippen LogP contribution is -2.45. The molecule has 152 valence electrons. The van der Waals surface area contributed by atoms with Crippen LogP contribution < -0.4 is 5.32 Å². The summed E-state index contributed by atoms with van der Waals surface area (Å²) in [5.74, 6) is -0.593. The number of hydrogen-bond acceptors (Lipinski definition) is 7. The number of nitrogens with one attached hydrogen (secondary N) is 1. The van der Waals surface area contributed by atoms with Gasteiger partial charge in [-0.3, -0.25) is 9.59 Å². The van der Waals surface area contributed by atoms with Crippen LogP contribution in [-0.4, -0.2) is 39.8 Å². The van der Waals surface area contributed by atoms with E-state index >= 15 is 0 Å². The van der Waals surface area contributed by atoms with Crippen LogP contribution in [0.2, 0.25) is 0 Å². The summed E-state index contributed by atoms with van der Waals surface area (Å²) in [6, 6.07) is 9.32. The molecule has 4 rings (SSSR count). The fraction of sp³-hybridized carbons (Fsp3) is 0.286. The van der Waals surface area contributed by atoms with Crippen molar-refractivity contribution in [2.75, 3.05) is 13.1 Å². The third-order valence-electron chi connectivity index (χ3n) is 4.97. The number of nitrogens with zero attached hydrogens (tertiary/aromatic N) is 4. The lowest BCUT2D eigenvalue weighted by atomic mass is 9.97. The van der Waals surface area contributed by atoms with Crippen molar-refractivity contribution in [3.8, 4) is 17.3 Å². The van der Waals surface area contributed by atoms with Gasteiger partial charge in [-0.25, -0.2) is 9.97 Å². The van der Waals surface area contributed by atoms with E-state index in [9.17, 15) is 9.59 Å². The second-order valence-corrected chi connectivity index (χ2v) is 7.90. The Morgan fingerprint density at radius 1 is 1.33 bits per heavy atom. The van der Waals surface area contributed by atoms with Gasteiger partial charge in [-0.05, 0) is 25.0 Å². The number of likely N-dealkylation sites (tertiary alicyclic amines) is 1. The Morgan fingerprint density at radius 3 is 2.90 bits per heavy atom. The van der Waals surface area contributed by atoms with E-state index in [0.29, 0.717) is 25.2 Å². The highest BCUT2D eigenvalue weighted by molar-refractivity contribution is 7.09. The fourth-order valence-corrected chi connectivity index (χ4v) is 4.13. The lowest BCUT2D eigenvalue weighted by molar-refractivity contribution is -0.126. The zero-order valence-corrected chi connectivity index (χ0v) is 16.9. The lowest BCUT2D eigenvalue weighted by Gasteiger charge is -2.31. The van der Waals surface area contributed by atoms with Crippen molar-refractivity contribution in [2.45, 2.75) is 19.4 Å². The predicted molar refractivity (Wildman–Crippen MR) is 109 cm³/mol. The number of benzene rings is 1. The van der Waals surface area contributed by atoms with Crippen molar-refractivity contribution in [1.29, 1.82) is 5.26 Å². The van der Waals surface area contributed by atoms with Gasteiger partial charge in [0, 0.05) is 24.0 Å². The van der Waals surface area contributed by atoms with Gasteiger partial charge in [0.1, 0.15) is 11.3 Å². The minimum absolute atomic E-state index is 0.0502.